The van der Waals surface area contributed by atoms with Gasteiger partial charge in [0, 0.05) is 12.7 Å². The molecule has 0 spiro atoms. The van der Waals surface area contributed by atoms with Crippen LogP contribution in [0.4, 0.5) is 5.82 Å². The van der Waals surface area contributed by atoms with Gasteiger partial charge in [0.2, 0.25) is 0 Å². The second kappa shape index (κ2) is 3.67. The molecule has 0 aliphatic heterocycles. The molecule has 3 nitrogen and oxygen atoms in total. The maximum absolute atomic E-state index is 8.58. The van der Waals surface area contributed by atoms with Crippen molar-refractivity contribution in [3.05, 3.63) is 23.9 Å². The number of pyridine rings is 1. The minimum absolute atomic E-state index is 0.607. The van der Waals surface area contributed by atoms with E-state index in [-0.39, 0.29) is 0 Å². The molecule has 0 bridgehead atoms. The molecule has 0 radical (unpaired) electrons. The summed E-state index contributed by atoms with van der Waals surface area (Å²) in [7, 11) is 0. The summed E-state index contributed by atoms with van der Waals surface area (Å²) in [5, 5.41) is 11.8. The molecule has 2 unspecified atom stereocenters. The largest absolute Gasteiger partial charge is 0.370 e. The molecule has 1 N–H and O–H groups in total. The molecule has 72 valence electrons. The molecule has 1 aliphatic carbocycles. The third-order valence-corrected chi connectivity index (χ3v) is 2.71. The van der Waals surface area contributed by atoms with Crippen molar-refractivity contribution in [2.24, 2.45) is 11.8 Å². The van der Waals surface area contributed by atoms with Crippen molar-refractivity contribution in [2.75, 3.05) is 11.9 Å². The first-order valence-corrected chi connectivity index (χ1v) is 4.89. The molecule has 2 atom stereocenters. The van der Waals surface area contributed by atoms with Gasteiger partial charge in [0.1, 0.15) is 11.9 Å². The van der Waals surface area contributed by atoms with E-state index in [1.54, 1.807) is 12.3 Å². The minimum atomic E-state index is 0.607. The Labute approximate surface area is 83.8 Å². The summed E-state index contributed by atoms with van der Waals surface area (Å²) in [6, 6.07) is 5.68. The fraction of sp³-hybridized carbons (Fsp3) is 0.455. The van der Waals surface area contributed by atoms with E-state index in [2.05, 4.69) is 17.2 Å². The Morgan fingerprint density at radius 3 is 2.93 bits per heavy atom. The van der Waals surface area contributed by atoms with Crippen LogP contribution in [0.5, 0.6) is 0 Å². The summed E-state index contributed by atoms with van der Waals surface area (Å²) >= 11 is 0. The van der Waals surface area contributed by atoms with Gasteiger partial charge in [-0.1, -0.05) is 6.92 Å². The molecular formula is C11H13N3. The lowest BCUT2D eigenvalue weighted by molar-refractivity contribution is 0.784. The summed E-state index contributed by atoms with van der Waals surface area (Å²) in [6.07, 6.45) is 2.92. The summed E-state index contributed by atoms with van der Waals surface area (Å²) in [6.45, 7) is 3.26. The third-order valence-electron chi connectivity index (χ3n) is 2.71. The zero-order valence-corrected chi connectivity index (χ0v) is 8.20. The minimum Gasteiger partial charge on any atom is -0.370 e. The molecule has 3 heteroatoms. The summed E-state index contributed by atoms with van der Waals surface area (Å²) in [5.74, 6) is 2.54. The third kappa shape index (κ3) is 2.02. The quantitative estimate of drug-likeness (QED) is 0.787. The van der Waals surface area contributed by atoms with E-state index in [9.17, 15) is 0 Å². The van der Waals surface area contributed by atoms with E-state index < -0.39 is 0 Å². The molecule has 1 fully saturated rings. The van der Waals surface area contributed by atoms with Crippen LogP contribution in [0.1, 0.15) is 18.9 Å². The number of rotatable bonds is 3. The molecule has 0 saturated heterocycles. The van der Waals surface area contributed by atoms with Crippen molar-refractivity contribution in [3.63, 3.8) is 0 Å². The molecule has 0 amide bonds. The molecule has 0 aromatic carbocycles. The average Bonchev–Trinajstić information content (AvgIpc) is 2.92. The van der Waals surface area contributed by atoms with Crippen LogP contribution in [0, 0.1) is 23.2 Å². The fourth-order valence-corrected chi connectivity index (χ4v) is 1.48. The van der Waals surface area contributed by atoms with Crippen LogP contribution in [-0.4, -0.2) is 11.5 Å². The lowest BCUT2D eigenvalue weighted by Crippen LogP contribution is -2.05. The Bertz CT molecular complexity index is 350. The molecule has 1 aromatic heterocycles. The van der Waals surface area contributed by atoms with Crippen LogP contribution in [0.15, 0.2) is 18.3 Å². The van der Waals surface area contributed by atoms with Crippen LogP contribution in [0.3, 0.4) is 0 Å². The molecular weight excluding hydrogens is 174 g/mol. The number of anilines is 1. The molecule has 1 aliphatic rings. The van der Waals surface area contributed by atoms with Crippen molar-refractivity contribution >= 4 is 5.82 Å². The highest BCUT2D eigenvalue weighted by molar-refractivity contribution is 5.39. The lowest BCUT2D eigenvalue weighted by atomic mass is 10.3. The number of hydrogen-bond donors (Lipinski definition) is 1. The Balaban J connectivity index is 1.87. The molecule has 1 saturated carbocycles. The highest BCUT2D eigenvalue weighted by Crippen LogP contribution is 2.37. The zero-order chi connectivity index (χ0) is 9.97. The Morgan fingerprint density at radius 1 is 1.64 bits per heavy atom. The first kappa shape index (κ1) is 9.01. The Hall–Kier alpha value is -1.56. The monoisotopic (exact) mass is 187 g/mol. The summed E-state index contributed by atoms with van der Waals surface area (Å²) < 4.78 is 0. The van der Waals surface area contributed by atoms with Crippen LogP contribution >= 0.6 is 0 Å². The number of hydrogen-bond acceptors (Lipinski definition) is 3. The first-order valence-electron chi connectivity index (χ1n) is 4.89. The highest BCUT2D eigenvalue weighted by Gasteiger charge is 2.31. The molecule has 2 rings (SSSR count). The van der Waals surface area contributed by atoms with E-state index in [4.69, 9.17) is 5.26 Å². The second-order valence-corrected chi connectivity index (χ2v) is 3.90. The fourth-order valence-electron chi connectivity index (χ4n) is 1.48. The zero-order valence-electron chi connectivity index (χ0n) is 8.20. The van der Waals surface area contributed by atoms with E-state index in [1.165, 1.54) is 6.42 Å². The number of nitrogens with one attached hydrogen (secondary N) is 1. The smallest absolute Gasteiger partial charge is 0.125 e. The van der Waals surface area contributed by atoms with Crippen LogP contribution in [-0.2, 0) is 0 Å². The Kier molecular flexibility index (Phi) is 2.36. The van der Waals surface area contributed by atoms with Crippen LogP contribution in [0.2, 0.25) is 0 Å². The van der Waals surface area contributed by atoms with Gasteiger partial charge < -0.3 is 5.32 Å². The predicted molar refractivity (Wildman–Crippen MR) is 54.7 cm³/mol. The van der Waals surface area contributed by atoms with Gasteiger partial charge in [-0.15, -0.1) is 0 Å². The van der Waals surface area contributed by atoms with Crippen molar-refractivity contribution in [2.45, 2.75) is 13.3 Å². The average molecular weight is 187 g/mol. The van der Waals surface area contributed by atoms with Gasteiger partial charge in [0.25, 0.3) is 0 Å². The summed E-state index contributed by atoms with van der Waals surface area (Å²) in [5.41, 5.74) is 0.607. The van der Waals surface area contributed by atoms with Gasteiger partial charge in [0.15, 0.2) is 0 Å². The number of aromatic nitrogens is 1. The molecule has 1 heterocycles. The number of nitrogens with zero attached hydrogens (tertiary/aromatic N) is 2. The van der Waals surface area contributed by atoms with Gasteiger partial charge in [-0.2, -0.15) is 5.26 Å². The van der Waals surface area contributed by atoms with Gasteiger partial charge in [-0.05, 0) is 30.4 Å². The Morgan fingerprint density at radius 2 is 2.43 bits per heavy atom. The maximum atomic E-state index is 8.58. The van der Waals surface area contributed by atoms with Crippen LogP contribution < -0.4 is 5.32 Å². The van der Waals surface area contributed by atoms with E-state index in [0.29, 0.717) is 5.56 Å². The summed E-state index contributed by atoms with van der Waals surface area (Å²) in [4.78, 5) is 4.14. The van der Waals surface area contributed by atoms with Crippen LogP contribution in [0.25, 0.3) is 0 Å². The molecule has 1 aromatic rings. The van der Waals surface area contributed by atoms with Crippen molar-refractivity contribution < 1.29 is 0 Å². The van der Waals surface area contributed by atoms with Gasteiger partial charge in [-0.25, -0.2) is 4.98 Å². The van der Waals surface area contributed by atoms with E-state index >= 15 is 0 Å². The topological polar surface area (TPSA) is 48.7 Å². The highest BCUT2D eigenvalue weighted by atomic mass is 15.0. The SMILES string of the molecule is CC1CC1CNc1ccc(C#N)cn1. The predicted octanol–water partition coefficient (Wildman–Crippen LogP) is 2.02. The van der Waals surface area contributed by atoms with Crippen molar-refractivity contribution in [1.82, 2.24) is 4.98 Å². The standard InChI is InChI=1S/C11H13N3/c1-8-4-10(8)7-14-11-3-2-9(5-12)6-13-11/h2-3,6,8,10H,4,7H2,1H3,(H,13,14). The van der Waals surface area contributed by atoms with Gasteiger partial charge >= 0.3 is 0 Å². The van der Waals surface area contributed by atoms with Gasteiger partial charge in [0.05, 0.1) is 5.56 Å². The van der Waals surface area contributed by atoms with Gasteiger partial charge in [-0.3, -0.25) is 0 Å². The lowest BCUT2D eigenvalue weighted by Gasteiger charge is -2.03. The first-order chi connectivity index (χ1) is 6.79. The second-order valence-electron chi connectivity index (χ2n) is 3.90. The van der Waals surface area contributed by atoms with Crippen molar-refractivity contribution in [3.8, 4) is 6.07 Å². The van der Waals surface area contributed by atoms with E-state index in [1.807, 2.05) is 12.1 Å². The van der Waals surface area contributed by atoms with Crippen molar-refractivity contribution in [1.29, 1.82) is 5.26 Å². The molecule has 14 heavy (non-hydrogen) atoms. The number of nitriles is 1. The van der Waals surface area contributed by atoms with E-state index in [0.717, 1.165) is 24.2 Å². The maximum Gasteiger partial charge on any atom is 0.125 e. The normalized spacial score (nSPS) is 24.0.